The minimum Gasteiger partial charge on any atom is -0.374 e. The van der Waals surface area contributed by atoms with E-state index in [1.165, 1.54) is 11.3 Å². The molecule has 4 nitrogen and oxygen atoms in total. The van der Waals surface area contributed by atoms with Crippen LogP contribution in [0.2, 0.25) is 0 Å². The normalized spacial score (nSPS) is 9.94. The van der Waals surface area contributed by atoms with Gasteiger partial charge < -0.3 is 5.73 Å². The Bertz CT molecular complexity index is 530. The third-order valence-electron chi connectivity index (χ3n) is 1.84. The number of benzene rings is 1. The summed E-state index contributed by atoms with van der Waals surface area (Å²) in [4.78, 5) is 0. The molecule has 0 aliphatic heterocycles. The molecule has 0 aliphatic rings. The van der Waals surface area contributed by atoms with Gasteiger partial charge in [-0.05, 0) is 17.7 Å². The summed E-state index contributed by atoms with van der Waals surface area (Å²) in [5.41, 5.74) is 7.25. The number of rotatable bonds is 3. The first kappa shape index (κ1) is 10.9. The van der Waals surface area contributed by atoms with Crippen molar-refractivity contribution in [3.05, 3.63) is 35.4 Å². The summed E-state index contributed by atoms with van der Waals surface area (Å²) in [6.45, 7) is 0. The molecule has 0 spiro atoms. The zero-order valence-electron chi connectivity index (χ0n) is 8.25. The van der Waals surface area contributed by atoms with Crippen LogP contribution in [0.5, 0.6) is 0 Å². The standard InChI is InChI=1S/C10H8N4S2/c11-5-7-2-1-3-8(4-7)6-15-10-14-13-9(12)16-10/h1-4H,6H2,(H2,12,13). The highest BCUT2D eigenvalue weighted by molar-refractivity contribution is 8.00. The maximum Gasteiger partial charge on any atom is 0.203 e. The van der Waals surface area contributed by atoms with Crippen molar-refractivity contribution >= 4 is 28.2 Å². The Morgan fingerprint density at radius 3 is 3.00 bits per heavy atom. The van der Waals surface area contributed by atoms with Crippen molar-refractivity contribution in [1.82, 2.24) is 10.2 Å². The fourth-order valence-electron chi connectivity index (χ4n) is 1.15. The minimum atomic E-state index is 0.480. The van der Waals surface area contributed by atoms with Crippen LogP contribution in [0, 0.1) is 11.3 Å². The molecule has 2 N–H and O–H groups in total. The number of nitrogens with two attached hydrogens (primary N) is 1. The molecule has 1 aromatic carbocycles. The number of anilines is 1. The summed E-state index contributed by atoms with van der Waals surface area (Å²) >= 11 is 2.94. The van der Waals surface area contributed by atoms with Crippen LogP contribution in [-0.4, -0.2) is 10.2 Å². The molecule has 0 radical (unpaired) electrons. The SMILES string of the molecule is N#Cc1cccc(CSc2nnc(N)s2)c1. The van der Waals surface area contributed by atoms with E-state index in [0.29, 0.717) is 10.7 Å². The molecule has 0 saturated carbocycles. The Kier molecular flexibility index (Phi) is 3.39. The summed E-state index contributed by atoms with van der Waals surface area (Å²) in [6, 6.07) is 9.64. The van der Waals surface area contributed by atoms with Crippen LogP contribution in [0.1, 0.15) is 11.1 Å². The van der Waals surface area contributed by atoms with Crippen LogP contribution in [0.15, 0.2) is 28.6 Å². The molecule has 1 aromatic heterocycles. The monoisotopic (exact) mass is 248 g/mol. The predicted molar refractivity (Wildman–Crippen MR) is 65.0 cm³/mol. The first-order valence-electron chi connectivity index (χ1n) is 4.49. The van der Waals surface area contributed by atoms with Gasteiger partial charge >= 0.3 is 0 Å². The van der Waals surface area contributed by atoms with Crippen LogP contribution >= 0.6 is 23.1 Å². The number of thioether (sulfide) groups is 1. The Balaban J connectivity index is 2.02. The summed E-state index contributed by atoms with van der Waals surface area (Å²) < 4.78 is 0.847. The zero-order valence-corrected chi connectivity index (χ0v) is 9.88. The van der Waals surface area contributed by atoms with Gasteiger partial charge in [-0.3, -0.25) is 0 Å². The highest BCUT2D eigenvalue weighted by atomic mass is 32.2. The van der Waals surface area contributed by atoms with E-state index in [9.17, 15) is 0 Å². The van der Waals surface area contributed by atoms with E-state index < -0.39 is 0 Å². The fourth-order valence-corrected chi connectivity index (χ4v) is 2.73. The summed E-state index contributed by atoms with van der Waals surface area (Å²) in [6.07, 6.45) is 0. The van der Waals surface area contributed by atoms with E-state index >= 15 is 0 Å². The molecule has 16 heavy (non-hydrogen) atoms. The highest BCUT2D eigenvalue weighted by Crippen LogP contribution is 2.26. The first-order chi connectivity index (χ1) is 7.78. The summed E-state index contributed by atoms with van der Waals surface area (Å²) in [5.74, 6) is 0.768. The largest absolute Gasteiger partial charge is 0.374 e. The van der Waals surface area contributed by atoms with Gasteiger partial charge in [-0.2, -0.15) is 5.26 Å². The molecular weight excluding hydrogens is 240 g/mol. The molecule has 0 atom stereocenters. The molecule has 1 heterocycles. The summed E-state index contributed by atoms with van der Waals surface area (Å²) in [7, 11) is 0. The zero-order chi connectivity index (χ0) is 11.4. The van der Waals surface area contributed by atoms with Crippen LogP contribution in [0.4, 0.5) is 5.13 Å². The molecule has 6 heteroatoms. The molecule has 0 bridgehead atoms. The number of nitriles is 1. The van der Waals surface area contributed by atoms with Crippen LogP contribution < -0.4 is 5.73 Å². The molecule has 0 aliphatic carbocycles. The van der Waals surface area contributed by atoms with Gasteiger partial charge in [0.1, 0.15) is 0 Å². The maximum absolute atomic E-state index is 8.76. The smallest absolute Gasteiger partial charge is 0.203 e. The number of aromatic nitrogens is 2. The van der Waals surface area contributed by atoms with Crippen molar-refractivity contribution in [2.45, 2.75) is 10.1 Å². The average Bonchev–Trinajstić information content (AvgIpc) is 2.73. The van der Waals surface area contributed by atoms with E-state index in [4.69, 9.17) is 11.0 Å². The van der Waals surface area contributed by atoms with Crippen LogP contribution in [0.3, 0.4) is 0 Å². The Labute approximate surface area is 101 Å². The van der Waals surface area contributed by atoms with Gasteiger partial charge in [-0.15, -0.1) is 10.2 Å². The van der Waals surface area contributed by atoms with Crippen molar-refractivity contribution < 1.29 is 0 Å². The third-order valence-corrected chi connectivity index (χ3v) is 3.80. The lowest BCUT2D eigenvalue weighted by atomic mass is 10.2. The highest BCUT2D eigenvalue weighted by Gasteiger charge is 2.02. The predicted octanol–water partition coefficient (Wildman–Crippen LogP) is 2.28. The van der Waals surface area contributed by atoms with Crippen molar-refractivity contribution in [2.24, 2.45) is 0 Å². The number of nitrogens with zero attached hydrogens (tertiary/aromatic N) is 3. The number of nitrogen functional groups attached to an aromatic ring is 1. The molecule has 2 rings (SSSR count). The molecule has 0 fully saturated rings. The van der Waals surface area contributed by atoms with Crippen molar-refractivity contribution in [3.8, 4) is 6.07 Å². The lowest BCUT2D eigenvalue weighted by Gasteiger charge is -1.98. The maximum atomic E-state index is 8.76. The van der Waals surface area contributed by atoms with Crippen LogP contribution in [-0.2, 0) is 5.75 Å². The Hall–Kier alpha value is -1.58. The van der Waals surface area contributed by atoms with Crippen molar-refractivity contribution in [2.75, 3.05) is 5.73 Å². The van der Waals surface area contributed by atoms with Gasteiger partial charge in [-0.25, -0.2) is 0 Å². The topological polar surface area (TPSA) is 75.6 Å². The number of hydrogen-bond acceptors (Lipinski definition) is 6. The van der Waals surface area contributed by atoms with Gasteiger partial charge in [0.2, 0.25) is 5.13 Å². The first-order valence-corrected chi connectivity index (χ1v) is 6.29. The van der Waals surface area contributed by atoms with Crippen molar-refractivity contribution in [1.29, 1.82) is 5.26 Å². The van der Waals surface area contributed by atoms with Gasteiger partial charge in [0.25, 0.3) is 0 Å². The second-order valence-electron chi connectivity index (χ2n) is 3.01. The average molecular weight is 248 g/mol. The van der Waals surface area contributed by atoms with E-state index in [1.54, 1.807) is 17.8 Å². The van der Waals surface area contributed by atoms with Crippen LogP contribution in [0.25, 0.3) is 0 Å². The minimum absolute atomic E-state index is 0.480. The lowest BCUT2D eigenvalue weighted by molar-refractivity contribution is 1.02. The van der Waals surface area contributed by atoms with Gasteiger partial charge in [0.15, 0.2) is 4.34 Å². The van der Waals surface area contributed by atoms with Gasteiger partial charge in [0.05, 0.1) is 11.6 Å². The van der Waals surface area contributed by atoms with Gasteiger partial charge in [-0.1, -0.05) is 35.2 Å². The van der Waals surface area contributed by atoms with Gasteiger partial charge in [0, 0.05) is 5.75 Å². The Morgan fingerprint density at radius 2 is 2.31 bits per heavy atom. The van der Waals surface area contributed by atoms with E-state index in [-0.39, 0.29) is 0 Å². The van der Waals surface area contributed by atoms with Crippen molar-refractivity contribution in [3.63, 3.8) is 0 Å². The fraction of sp³-hybridized carbons (Fsp3) is 0.100. The van der Waals surface area contributed by atoms with E-state index in [0.717, 1.165) is 15.7 Å². The summed E-state index contributed by atoms with van der Waals surface area (Å²) in [5, 5.41) is 16.9. The molecule has 80 valence electrons. The molecule has 0 amide bonds. The van der Waals surface area contributed by atoms with E-state index in [1.807, 2.05) is 18.2 Å². The molecule has 2 aromatic rings. The molecule has 0 unspecified atom stereocenters. The second-order valence-corrected chi connectivity index (χ2v) is 5.24. The van der Waals surface area contributed by atoms with E-state index in [2.05, 4.69) is 16.3 Å². The second kappa shape index (κ2) is 4.96. The molecule has 0 saturated heterocycles. The number of hydrogen-bond donors (Lipinski definition) is 1. The lowest BCUT2D eigenvalue weighted by Crippen LogP contribution is -1.82. The third kappa shape index (κ3) is 2.72. The quantitative estimate of drug-likeness (QED) is 0.843. The Morgan fingerprint density at radius 1 is 1.44 bits per heavy atom. The molecular formula is C10H8N4S2.